The van der Waals surface area contributed by atoms with E-state index in [1.807, 2.05) is 0 Å². The lowest BCUT2D eigenvalue weighted by Gasteiger charge is -2.39. The number of unbranched alkanes of at least 4 members (excludes halogenated alkanes) is 7. The average molecular weight is 864 g/mol. The molecule has 0 spiro atoms. The molecule has 0 aliphatic rings. The summed E-state index contributed by atoms with van der Waals surface area (Å²) in [5, 5.41) is 1.71. The van der Waals surface area contributed by atoms with E-state index in [1.54, 1.807) is 0 Å². The number of alkyl halides is 26. The zero-order chi connectivity index (χ0) is 43.6. The highest BCUT2D eigenvalue weighted by molar-refractivity contribution is 5.85. The van der Waals surface area contributed by atoms with Gasteiger partial charge in [0.2, 0.25) is 0 Å². The highest BCUT2D eigenvalue weighted by atomic mass is 19.4. The summed E-state index contributed by atoms with van der Waals surface area (Å²) in [5.41, 5.74) is 0. The monoisotopic (exact) mass is 864 g/mol. The molecular formula is C24H22F26N2O2. The van der Waals surface area contributed by atoms with Gasteiger partial charge in [0, 0.05) is 13.1 Å². The highest BCUT2D eigenvalue weighted by Gasteiger charge is 2.93. The second kappa shape index (κ2) is 15.9. The average Bonchev–Trinajstić information content (AvgIpc) is 2.99. The molecule has 0 radical (unpaired) electrons. The summed E-state index contributed by atoms with van der Waals surface area (Å²) in [6.07, 6.45) is -16.4. The lowest BCUT2D eigenvalue weighted by Crippen LogP contribution is -2.72. The number of hydrogen-bond donors (Lipinski definition) is 2. The Hall–Kier alpha value is -2.88. The molecule has 2 N–H and O–H groups in total. The van der Waals surface area contributed by atoms with E-state index in [4.69, 9.17) is 0 Å². The summed E-state index contributed by atoms with van der Waals surface area (Å²) < 4.78 is 340. The van der Waals surface area contributed by atoms with E-state index < -0.39 is 109 Å². The van der Waals surface area contributed by atoms with Crippen molar-refractivity contribution in [1.82, 2.24) is 10.6 Å². The van der Waals surface area contributed by atoms with Crippen LogP contribution in [0.25, 0.3) is 0 Å². The zero-order valence-corrected chi connectivity index (χ0v) is 25.7. The first-order valence-corrected chi connectivity index (χ1v) is 14.0. The summed E-state index contributed by atoms with van der Waals surface area (Å²) in [6.45, 7) is -2.24. The van der Waals surface area contributed by atoms with Gasteiger partial charge in [0.1, 0.15) is 0 Å². The van der Waals surface area contributed by atoms with Gasteiger partial charge in [-0.05, 0) is 12.8 Å². The second-order valence-electron chi connectivity index (χ2n) is 11.1. The van der Waals surface area contributed by atoms with Crippen LogP contribution in [0.1, 0.15) is 51.4 Å². The SMILES string of the molecule is O=C(NCCCCCCCCCCNC(=O)C(F)(F)C(F)(F)C(F)(F)C(F)(F)C(F)(F)C(F)(F)F)C(F)(F)C(F)(F)C(F)(F)C(F)(F)C(F)(F)C(F)(F)F. The number of rotatable bonds is 21. The molecule has 322 valence electrons. The fourth-order valence-electron chi connectivity index (χ4n) is 3.76. The van der Waals surface area contributed by atoms with Crippen molar-refractivity contribution in [2.45, 2.75) is 123 Å². The minimum absolute atomic E-state index is 0.0174. The normalized spacial score (nSPS) is 15.4. The Kier molecular flexibility index (Phi) is 15.1. The first kappa shape index (κ1) is 51.1. The van der Waals surface area contributed by atoms with Crippen molar-refractivity contribution in [3.05, 3.63) is 0 Å². The van der Waals surface area contributed by atoms with Gasteiger partial charge in [0.15, 0.2) is 0 Å². The quantitative estimate of drug-likeness (QED) is 0.0893. The summed E-state index contributed by atoms with van der Waals surface area (Å²) in [4.78, 5) is 22.7. The van der Waals surface area contributed by atoms with Gasteiger partial charge in [-0.15, -0.1) is 0 Å². The first-order chi connectivity index (χ1) is 23.5. The van der Waals surface area contributed by atoms with Crippen LogP contribution in [-0.2, 0) is 9.59 Å². The van der Waals surface area contributed by atoms with Crippen molar-refractivity contribution in [2.75, 3.05) is 13.1 Å². The topological polar surface area (TPSA) is 58.2 Å². The van der Waals surface area contributed by atoms with Gasteiger partial charge in [-0.1, -0.05) is 38.5 Å². The van der Waals surface area contributed by atoms with Crippen LogP contribution in [0.15, 0.2) is 0 Å². The molecule has 0 heterocycles. The van der Waals surface area contributed by atoms with Crippen LogP contribution in [0.4, 0.5) is 114 Å². The van der Waals surface area contributed by atoms with Crippen molar-refractivity contribution >= 4 is 11.8 Å². The molecule has 0 saturated carbocycles. The number of amides is 2. The highest BCUT2D eigenvalue weighted by Crippen LogP contribution is 2.61. The molecule has 0 aliphatic heterocycles. The van der Waals surface area contributed by atoms with Crippen molar-refractivity contribution in [1.29, 1.82) is 0 Å². The molecule has 0 atom stereocenters. The fourth-order valence-corrected chi connectivity index (χ4v) is 3.76. The molecule has 0 aliphatic carbocycles. The van der Waals surface area contributed by atoms with Crippen molar-refractivity contribution in [2.24, 2.45) is 0 Å². The third-order valence-electron chi connectivity index (χ3n) is 7.11. The largest absolute Gasteiger partial charge is 0.460 e. The van der Waals surface area contributed by atoms with E-state index in [0.29, 0.717) is 0 Å². The first-order valence-electron chi connectivity index (χ1n) is 14.0. The Morgan fingerprint density at radius 2 is 0.463 bits per heavy atom. The van der Waals surface area contributed by atoms with Gasteiger partial charge < -0.3 is 10.6 Å². The maximum atomic E-state index is 13.7. The Morgan fingerprint density at radius 3 is 0.667 bits per heavy atom. The molecule has 0 bridgehead atoms. The Bertz CT molecular complexity index is 1180. The predicted octanol–water partition coefficient (Wildman–Crippen LogP) is 9.82. The van der Waals surface area contributed by atoms with Crippen molar-refractivity contribution in [3.63, 3.8) is 0 Å². The molecule has 0 fully saturated rings. The van der Waals surface area contributed by atoms with E-state index in [1.165, 1.54) is 0 Å². The molecule has 0 rings (SSSR count). The van der Waals surface area contributed by atoms with Gasteiger partial charge >= 0.3 is 71.6 Å². The molecule has 0 saturated heterocycles. The standard InChI is InChI=1S/C24H22F26N2O2/c25-13(26,15(29,30)17(33,34)19(37,38)21(41,42)23(45,46)47)11(53)51-9-7-5-3-1-2-4-6-8-10-52-12(54)14(27,28)16(31,32)18(35,36)20(39,40)22(43,44)24(48,49)50/h1-10H2,(H,51,53)(H,52,54). The lowest BCUT2D eigenvalue weighted by atomic mass is 9.93. The maximum absolute atomic E-state index is 13.7. The molecule has 0 unspecified atom stereocenters. The summed E-state index contributed by atoms with van der Waals surface area (Å²) in [7, 11) is 0. The number of nitrogens with one attached hydrogen (secondary N) is 2. The van der Waals surface area contributed by atoms with E-state index in [2.05, 4.69) is 0 Å². The van der Waals surface area contributed by atoms with E-state index in [-0.39, 0.29) is 38.5 Å². The van der Waals surface area contributed by atoms with Crippen LogP contribution < -0.4 is 10.6 Å². The van der Waals surface area contributed by atoms with Gasteiger partial charge in [-0.25, -0.2) is 0 Å². The predicted molar refractivity (Wildman–Crippen MR) is 125 cm³/mol. The third kappa shape index (κ3) is 8.73. The van der Waals surface area contributed by atoms with Crippen LogP contribution in [0.2, 0.25) is 0 Å². The Labute approximate surface area is 283 Å². The minimum Gasteiger partial charge on any atom is -0.351 e. The Balaban J connectivity index is 4.87. The summed E-state index contributed by atoms with van der Waals surface area (Å²) in [5.74, 6) is -85.3. The molecule has 2 amide bonds. The number of hydrogen-bond acceptors (Lipinski definition) is 2. The third-order valence-corrected chi connectivity index (χ3v) is 7.11. The molecule has 4 nitrogen and oxygen atoms in total. The van der Waals surface area contributed by atoms with Gasteiger partial charge in [0.25, 0.3) is 11.8 Å². The summed E-state index contributed by atoms with van der Waals surface area (Å²) >= 11 is 0. The van der Waals surface area contributed by atoms with Gasteiger partial charge in [-0.3, -0.25) is 9.59 Å². The number of halogens is 26. The smallest absolute Gasteiger partial charge is 0.351 e. The summed E-state index contributed by atoms with van der Waals surface area (Å²) in [6, 6.07) is 0. The minimum atomic E-state index is -8.20. The molecule has 30 heteroatoms. The number of carbonyl (C=O) groups excluding carboxylic acids is 2. The number of carbonyl (C=O) groups is 2. The van der Waals surface area contributed by atoms with Crippen LogP contribution in [-0.4, -0.2) is 96.5 Å². The van der Waals surface area contributed by atoms with Gasteiger partial charge in [-0.2, -0.15) is 114 Å². The van der Waals surface area contributed by atoms with Crippen molar-refractivity contribution < 1.29 is 124 Å². The van der Waals surface area contributed by atoms with Crippen LogP contribution in [0, 0.1) is 0 Å². The van der Waals surface area contributed by atoms with Crippen LogP contribution in [0.3, 0.4) is 0 Å². The maximum Gasteiger partial charge on any atom is 0.460 e. The molecule has 0 aromatic heterocycles. The van der Waals surface area contributed by atoms with E-state index >= 15 is 0 Å². The fraction of sp³-hybridized carbons (Fsp3) is 0.917. The van der Waals surface area contributed by atoms with Crippen LogP contribution in [0.5, 0.6) is 0 Å². The molecule has 0 aromatic carbocycles. The van der Waals surface area contributed by atoms with Crippen LogP contribution >= 0.6 is 0 Å². The second-order valence-corrected chi connectivity index (χ2v) is 11.1. The molecule has 0 aromatic rings. The molecule has 54 heavy (non-hydrogen) atoms. The lowest BCUT2D eigenvalue weighted by molar-refractivity contribution is -0.436. The Morgan fingerprint density at radius 1 is 0.278 bits per heavy atom. The molecular weight excluding hydrogens is 842 g/mol. The van der Waals surface area contributed by atoms with Crippen molar-refractivity contribution in [3.8, 4) is 0 Å². The van der Waals surface area contributed by atoms with E-state index in [9.17, 15) is 124 Å². The zero-order valence-electron chi connectivity index (χ0n) is 25.7. The van der Waals surface area contributed by atoms with Gasteiger partial charge in [0.05, 0.1) is 0 Å². The van der Waals surface area contributed by atoms with E-state index in [0.717, 1.165) is 10.6 Å².